The Bertz CT molecular complexity index is 352. The molecule has 9 nitrogen and oxygen atoms in total. The first-order valence-electron chi connectivity index (χ1n) is 6.67. The highest BCUT2D eigenvalue weighted by Gasteiger charge is 2.53. The zero-order valence-electron chi connectivity index (χ0n) is 11.4. The molecule has 0 saturated carbocycles. The predicted molar refractivity (Wildman–Crippen MR) is 65.6 cm³/mol. The van der Waals surface area contributed by atoms with Crippen LogP contribution >= 0.6 is 0 Å². The van der Waals surface area contributed by atoms with Crippen molar-refractivity contribution >= 4 is 0 Å². The maximum Gasteiger partial charge on any atom is 0.160 e. The van der Waals surface area contributed by atoms with Gasteiger partial charge in [-0.15, -0.1) is 0 Å². The van der Waals surface area contributed by atoms with Gasteiger partial charge in [-0.3, -0.25) is 0 Å². The fourth-order valence-electron chi connectivity index (χ4n) is 2.56. The highest BCUT2D eigenvalue weighted by molar-refractivity contribution is 5.11. The molecule has 2 aliphatic heterocycles. The molecule has 0 amide bonds. The Labute approximate surface area is 121 Å². The average Bonchev–Trinajstić information content (AvgIpc) is 2.47. The van der Waals surface area contributed by atoms with Crippen LogP contribution in [0.3, 0.4) is 0 Å². The van der Waals surface area contributed by atoms with Crippen LogP contribution in [0.25, 0.3) is 0 Å². The highest BCUT2D eigenvalue weighted by Crippen LogP contribution is 2.35. The zero-order valence-corrected chi connectivity index (χ0v) is 11.4. The third-order valence-electron chi connectivity index (χ3n) is 3.95. The van der Waals surface area contributed by atoms with Gasteiger partial charge in [0.15, 0.2) is 6.10 Å². The monoisotopic (exact) mass is 309 g/mol. The van der Waals surface area contributed by atoms with E-state index >= 15 is 0 Å². The Kier molecular flexibility index (Phi) is 5.19. The number of rotatable bonds is 2. The Morgan fingerprint density at radius 3 is 2.05 bits per heavy atom. The molecule has 1 radical (unpaired) electrons. The molecule has 0 aromatic rings. The maximum atomic E-state index is 9.95. The van der Waals surface area contributed by atoms with Crippen molar-refractivity contribution in [3.8, 4) is 0 Å². The number of ether oxygens (including phenoxy) is 2. The van der Waals surface area contributed by atoms with Gasteiger partial charge in [0.1, 0.15) is 48.8 Å². The zero-order chi connectivity index (χ0) is 15.9. The van der Waals surface area contributed by atoms with Gasteiger partial charge < -0.3 is 45.2 Å². The van der Waals surface area contributed by atoms with E-state index in [1.54, 1.807) is 0 Å². The van der Waals surface area contributed by atoms with E-state index in [2.05, 4.69) is 0 Å². The molecule has 2 rings (SSSR count). The summed E-state index contributed by atoms with van der Waals surface area (Å²) >= 11 is 0. The summed E-state index contributed by atoms with van der Waals surface area (Å²) in [5, 5.41) is 67.8. The normalized spacial score (nSPS) is 52.9. The van der Waals surface area contributed by atoms with Crippen molar-refractivity contribution in [3.05, 3.63) is 6.10 Å². The minimum Gasteiger partial charge on any atom is -0.394 e. The Hall–Kier alpha value is -0.360. The van der Waals surface area contributed by atoms with Crippen molar-refractivity contribution in [2.45, 2.75) is 61.9 Å². The van der Waals surface area contributed by atoms with Crippen molar-refractivity contribution in [2.75, 3.05) is 6.61 Å². The van der Waals surface area contributed by atoms with Gasteiger partial charge in [-0.2, -0.15) is 0 Å². The van der Waals surface area contributed by atoms with Gasteiger partial charge in [0.25, 0.3) is 0 Å². The molecule has 2 aliphatic rings. The number of hydrogen-bond donors (Lipinski definition) is 7. The number of hydrogen-bond acceptors (Lipinski definition) is 9. The first-order valence-corrected chi connectivity index (χ1v) is 6.67. The first kappa shape index (κ1) is 17.0. The molecule has 0 bridgehead atoms. The Balaban J connectivity index is 2.19. The lowest BCUT2D eigenvalue weighted by Gasteiger charge is -2.47. The van der Waals surface area contributed by atoms with E-state index in [1.807, 2.05) is 0 Å². The van der Waals surface area contributed by atoms with Crippen LogP contribution in [0.15, 0.2) is 0 Å². The lowest BCUT2D eigenvalue weighted by Crippen LogP contribution is -2.64. The second-order valence-electron chi connectivity index (χ2n) is 5.40. The van der Waals surface area contributed by atoms with E-state index in [9.17, 15) is 30.6 Å². The summed E-state index contributed by atoms with van der Waals surface area (Å²) < 4.78 is 10.5. The Morgan fingerprint density at radius 1 is 0.857 bits per heavy atom. The van der Waals surface area contributed by atoms with Crippen LogP contribution in [0.4, 0.5) is 0 Å². The summed E-state index contributed by atoms with van der Waals surface area (Å²) in [5.41, 5.74) is 0. The fraction of sp³-hybridized carbons (Fsp3) is 0.917. The lowest BCUT2D eigenvalue weighted by atomic mass is 9.86. The SMILES string of the molecule is C[C@H]1OC([C]2O[C@H](CO)[C@@H](O)[C@H](O)[C@H]2O)[C@H](O)[C@@H](O)[C@H]1O. The van der Waals surface area contributed by atoms with E-state index < -0.39 is 61.5 Å². The molecule has 9 atom stereocenters. The van der Waals surface area contributed by atoms with Crippen molar-refractivity contribution in [1.82, 2.24) is 0 Å². The van der Waals surface area contributed by atoms with E-state index in [1.165, 1.54) is 6.92 Å². The molecule has 0 aromatic heterocycles. The van der Waals surface area contributed by atoms with Crippen LogP contribution < -0.4 is 0 Å². The fourth-order valence-corrected chi connectivity index (χ4v) is 2.56. The molecular formula is C12H21O9. The van der Waals surface area contributed by atoms with Gasteiger partial charge in [0, 0.05) is 0 Å². The second kappa shape index (κ2) is 6.41. The average molecular weight is 309 g/mol. The molecule has 9 heteroatoms. The van der Waals surface area contributed by atoms with Crippen LogP contribution in [-0.4, -0.2) is 97.3 Å². The minimum atomic E-state index is -1.67. The van der Waals surface area contributed by atoms with E-state index in [-0.39, 0.29) is 6.10 Å². The molecule has 7 N–H and O–H groups in total. The second-order valence-corrected chi connectivity index (χ2v) is 5.40. The van der Waals surface area contributed by atoms with Crippen molar-refractivity contribution in [2.24, 2.45) is 0 Å². The largest absolute Gasteiger partial charge is 0.394 e. The summed E-state index contributed by atoms with van der Waals surface area (Å²) in [7, 11) is 0. The van der Waals surface area contributed by atoms with Gasteiger partial charge in [0.05, 0.1) is 12.7 Å². The van der Waals surface area contributed by atoms with Gasteiger partial charge >= 0.3 is 0 Å². The molecule has 1 unspecified atom stereocenters. The first-order chi connectivity index (χ1) is 9.79. The number of aliphatic hydroxyl groups is 7. The molecule has 2 heterocycles. The molecule has 2 saturated heterocycles. The molecule has 2 fully saturated rings. The number of aliphatic hydroxyl groups excluding tert-OH is 7. The quantitative estimate of drug-likeness (QED) is 0.269. The summed E-state index contributed by atoms with van der Waals surface area (Å²) in [6, 6.07) is 0. The van der Waals surface area contributed by atoms with E-state index in [0.29, 0.717) is 0 Å². The van der Waals surface area contributed by atoms with Crippen LogP contribution in [0.1, 0.15) is 6.92 Å². The molecule has 0 aliphatic carbocycles. The maximum absolute atomic E-state index is 9.95. The third-order valence-corrected chi connectivity index (χ3v) is 3.95. The molecule has 0 aromatic carbocycles. The predicted octanol–water partition coefficient (Wildman–Crippen LogP) is -4.14. The molecule has 0 spiro atoms. The van der Waals surface area contributed by atoms with Gasteiger partial charge in [0.2, 0.25) is 0 Å². The Morgan fingerprint density at radius 2 is 1.48 bits per heavy atom. The summed E-state index contributed by atoms with van der Waals surface area (Å²) in [6.45, 7) is 0.829. The van der Waals surface area contributed by atoms with E-state index in [0.717, 1.165) is 0 Å². The molecular weight excluding hydrogens is 288 g/mol. The topological polar surface area (TPSA) is 160 Å². The van der Waals surface area contributed by atoms with Crippen molar-refractivity contribution in [1.29, 1.82) is 0 Å². The van der Waals surface area contributed by atoms with Crippen molar-refractivity contribution in [3.63, 3.8) is 0 Å². The van der Waals surface area contributed by atoms with Crippen LogP contribution in [0, 0.1) is 6.10 Å². The van der Waals surface area contributed by atoms with Crippen LogP contribution in [-0.2, 0) is 9.47 Å². The third kappa shape index (κ3) is 2.93. The van der Waals surface area contributed by atoms with Gasteiger partial charge in [-0.1, -0.05) is 0 Å². The summed E-state index contributed by atoms with van der Waals surface area (Å²) in [4.78, 5) is 0. The summed E-state index contributed by atoms with van der Waals surface area (Å²) in [6.07, 6.45) is -12.9. The molecule has 123 valence electrons. The lowest BCUT2D eigenvalue weighted by molar-refractivity contribution is -0.262. The van der Waals surface area contributed by atoms with Gasteiger partial charge in [-0.05, 0) is 6.92 Å². The van der Waals surface area contributed by atoms with E-state index in [4.69, 9.17) is 14.6 Å². The van der Waals surface area contributed by atoms with Gasteiger partial charge in [-0.25, -0.2) is 0 Å². The minimum absolute atomic E-state index is 0.308. The standard InChI is InChI=1S/C12H21O9/c1-3-5(14)7(16)9(18)11(20-3)12-10(19)8(17)6(15)4(2-13)21-12/h3-11,13-19H,2H2,1H3/t3-,4-,5+,6-,7+,8+,9-,10-,11?/m1/s1. The smallest absolute Gasteiger partial charge is 0.160 e. The molecule has 21 heavy (non-hydrogen) atoms. The summed E-state index contributed by atoms with van der Waals surface area (Å²) in [5.74, 6) is 0. The van der Waals surface area contributed by atoms with Crippen LogP contribution in [0.5, 0.6) is 0 Å². The van der Waals surface area contributed by atoms with Crippen LogP contribution in [0.2, 0.25) is 0 Å². The van der Waals surface area contributed by atoms with Crippen molar-refractivity contribution < 1.29 is 45.2 Å². The highest BCUT2D eigenvalue weighted by atomic mass is 16.6.